The second kappa shape index (κ2) is 4.23. The first-order valence-corrected chi connectivity index (χ1v) is 5.01. The Morgan fingerprint density at radius 2 is 2.27 bits per heavy atom. The zero-order valence-corrected chi connectivity index (χ0v) is 8.67. The van der Waals surface area contributed by atoms with E-state index in [-0.39, 0.29) is 6.04 Å². The molecule has 0 aromatic carbocycles. The van der Waals surface area contributed by atoms with Gasteiger partial charge in [0, 0.05) is 12.2 Å². The van der Waals surface area contributed by atoms with E-state index in [4.69, 9.17) is 5.73 Å². The molecule has 4 heteroatoms. The van der Waals surface area contributed by atoms with E-state index in [2.05, 4.69) is 16.9 Å². The van der Waals surface area contributed by atoms with Gasteiger partial charge < -0.3 is 10.3 Å². The predicted octanol–water partition coefficient (Wildman–Crippen LogP) is 1.68. The van der Waals surface area contributed by atoms with Crippen molar-refractivity contribution in [3.05, 3.63) is 42.7 Å². The van der Waals surface area contributed by atoms with Crippen LogP contribution in [0.15, 0.2) is 37.1 Å². The molecule has 0 aliphatic heterocycles. The van der Waals surface area contributed by atoms with E-state index in [1.165, 1.54) is 0 Å². The largest absolute Gasteiger partial charge is 0.323 e. The van der Waals surface area contributed by atoms with Gasteiger partial charge in [0.05, 0.1) is 30.1 Å². The van der Waals surface area contributed by atoms with Crippen LogP contribution in [0.1, 0.15) is 25.1 Å². The highest BCUT2D eigenvalue weighted by molar-refractivity contribution is 5.30. The van der Waals surface area contributed by atoms with Crippen molar-refractivity contribution in [3.63, 3.8) is 0 Å². The molecule has 0 aliphatic carbocycles. The summed E-state index contributed by atoms with van der Waals surface area (Å²) in [5.74, 6) is 0. The maximum Gasteiger partial charge on any atom is 0.0995 e. The highest BCUT2D eigenvalue weighted by Gasteiger charge is 2.10. The number of nitrogens with zero attached hydrogens (tertiary/aromatic N) is 3. The Kier molecular flexibility index (Phi) is 2.78. The fourth-order valence-electron chi connectivity index (χ4n) is 1.50. The van der Waals surface area contributed by atoms with Crippen molar-refractivity contribution in [2.75, 3.05) is 0 Å². The normalized spacial score (nSPS) is 12.7. The lowest BCUT2D eigenvalue weighted by molar-refractivity contribution is 0.659. The van der Waals surface area contributed by atoms with Gasteiger partial charge >= 0.3 is 0 Å². The van der Waals surface area contributed by atoms with E-state index >= 15 is 0 Å². The van der Waals surface area contributed by atoms with Crippen molar-refractivity contribution >= 4 is 0 Å². The molecule has 0 spiro atoms. The summed E-state index contributed by atoms with van der Waals surface area (Å²) in [5.41, 5.74) is 8.01. The second-order valence-electron chi connectivity index (χ2n) is 3.41. The van der Waals surface area contributed by atoms with E-state index < -0.39 is 0 Å². The summed E-state index contributed by atoms with van der Waals surface area (Å²) >= 11 is 0. The average molecular weight is 202 g/mol. The van der Waals surface area contributed by atoms with Crippen molar-refractivity contribution < 1.29 is 0 Å². The number of hydrogen-bond acceptors (Lipinski definition) is 3. The van der Waals surface area contributed by atoms with Gasteiger partial charge in [0.2, 0.25) is 0 Å². The summed E-state index contributed by atoms with van der Waals surface area (Å²) in [6, 6.07) is 3.91. The van der Waals surface area contributed by atoms with Crippen LogP contribution in [0, 0.1) is 0 Å². The molecule has 0 bridgehead atoms. The van der Waals surface area contributed by atoms with E-state index in [0.29, 0.717) is 0 Å². The van der Waals surface area contributed by atoms with Crippen LogP contribution < -0.4 is 5.73 Å². The first-order valence-electron chi connectivity index (χ1n) is 5.01. The summed E-state index contributed by atoms with van der Waals surface area (Å²) in [7, 11) is 0. The molecule has 0 fully saturated rings. The highest BCUT2D eigenvalue weighted by Crippen LogP contribution is 2.17. The molecule has 2 heterocycles. The Balaban J connectivity index is 2.41. The van der Waals surface area contributed by atoms with Gasteiger partial charge in [-0.15, -0.1) is 0 Å². The van der Waals surface area contributed by atoms with Crippen molar-refractivity contribution in [1.29, 1.82) is 0 Å². The first kappa shape index (κ1) is 9.86. The maximum atomic E-state index is 6.00. The summed E-state index contributed by atoms with van der Waals surface area (Å²) in [6.07, 6.45) is 8.02. The van der Waals surface area contributed by atoms with Crippen molar-refractivity contribution in [2.24, 2.45) is 5.73 Å². The van der Waals surface area contributed by atoms with E-state index in [0.717, 1.165) is 17.8 Å². The van der Waals surface area contributed by atoms with Gasteiger partial charge in [0.15, 0.2) is 0 Å². The Morgan fingerprint density at radius 1 is 1.40 bits per heavy atom. The number of aromatic nitrogens is 3. The van der Waals surface area contributed by atoms with Crippen LogP contribution >= 0.6 is 0 Å². The minimum atomic E-state index is 0.0210. The summed E-state index contributed by atoms with van der Waals surface area (Å²) in [4.78, 5) is 8.20. The van der Waals surface area contributed by atoms with Crippen LogP contribution in [0.5, 0.6) is 0 Å². The Morgan fingerprint density at radius 3 is 2.93 bits per heavy atom. The molecule has 0 unspecified atom stereocenters. The highest BCUT2D eigenvalue weighted by atomic mass is 15.1. The fourth-order valence-corrected chi connectivity index (χ4v) is 1.50. The van der Waals surface area contributed by atoms with Crippen molar-refractivity contribution in [2.45, 2.75) is 19.4 Å². The first-order chi connectivity index (χ1) is 7.33. The molecule has 0 aliphatic rings. The second-order valence-corrected chi connectivity index (χ2v) is 3.41. The molecule has 1 atom stereocenters. The number of hydrogen-bond donors (Lipinski definition) is 1. The quantitative estimate of drug-likeness (QED) is 0.823. The molecule has 0 saturated carbocycles. The van der Waals surface area contributed by atoms with Gasteiger partial charge in [-0.05, 0) is 18.6 Å². The number of nitrogens with two attached hydrogens (primary N) is 1. The number of pyridine rings is 1. The maximum absolute atomic E-state index is 6.00. The van der Waals surface area contributed by atoms with Crippen molar-refractivity contribution in [3.8, 4) is 5.69 Å². The third-order valence-corrected chi connectivity index (χ3v) is 2.41. The molecule has 4 nitrogen and oxygen atoms in total. The summed E-state index contributed by atoms with van der Waals surface area (Å²) in [6.45, 7) is 2.06. The number of imidazole rings is 1. The SMILES string of the molecule is CC[C@@H](N)c1cncn1-c1cccnc1. The van der Waals surface area contributed by atoms with Gasteiger partial charge in [-0.1, -0.05) is 6.92 Å². The lowest BCUT2D eigenvalue weighted by atomic mass is 10.2. The molecular formula is C11H14N4. The number of rotatable bonds is 3. The van der Waals surface area contributed by atoms with Crippen LogP contribution in [0.3, 0.4) is 0 Å². The monoisotopic (exact) mass is 202 g/mol. The lowest BCUT2D eigenvalue weighted by Crippen LogP contribution is -2.13. The van der Waals surface area contributed by atoms with E-state index in [9.17, 15) is 0 Å². The Labute approximate surface area is 88.8 Å². The molecule has 2 aromatic heterocycles. The molecule has 15 heavy (non-hydrogen) atoms. The lowest BCUT2D eigenvalue weighted by Gasteiger charge is -2.12. The molecule has 2 aromatic rings. The third kappa shape index (κ3) is 1.89. The summed E-state index contributed by atoms with van der Waals surface area (Å²) < 4.78 is 1.97. The average Bonchev–Trinajstić information content (AvgIpc) is 2.78. The van der Waals surface area contributed by atoms with Gasteiger partial charge in [0.1, 0.15) is 0 Å². The molecule has 0 amide bonds. The van der Waals surface area contributed by atoms with Crippen LogP contribution in [0.25, 0.3) is 5.69 Å². The Hall–Kier alpha value is -1.68. The Bertz CT molecular complexity index is 421. The smallest absolute Gasteiger partial charge is 0.0995 e. The van der Waals surface area contributed by atoms with Gasteiger partial charge in [-0.3, -0.25) is 4.98 Å². The zero-order chi connectivity index (χ0) is 10.7. The predicted molar refractivity (Wildman–Crippen MR) is 58.6 cm³/mol. The topological polar surface area (TPSA) is 56.7 Å². The summed E-state index contributed by atoms with van der Waals surface area (Å²) in [5, 5.41) is 0. The molecular weight excluding hydrogens is 188 g/mol. The van der Waals surface area contributed by atoms with Crippen LogP contribution in [-0.2, 0) is 0 Å². The molecule has 0 saturated heterocycles. The van der Waals surface area contributed by atoms with Crippen LogP contribution in [0.2, 0.25) is 0 Å². The molecule has 0 radical (unpaired) electrons. The van der Waals surface area contributed by atoms with Gasteiger partial charge in [0.25, 0.3) is 0 Å². The van der Waals surface area contributed by atoms with Crippen LogP contribution in [0.4, 0.5) is 0 Å². The third-order valence-electron chi connectivity index (χ3n) is 2.41. The molecule has 78 valence electrons. The minimum Gasteiger partial charge on any atom is -0.323 e. The molecule has 2 N–H and O–H groups in total. The standard InChI is InChI=1S/C11H14N4/c1-2-10(12)11-7-14-8-15(11)9-4-3-5-13-6-9/h3-8,10H,2,12H2,1H3/t10-/m1/s1. The van der Waals surface area contributed by atoms with Crippen molar-refractivity contribution in [1.82, 2.24) is 14.5 Å². The van der Waals surface area contributed by atoms with E-state index in [1.807, 2.05) is 16.7 Å². The van der Waals surface area contributed by atoms with Crippen LogP contribution in [-0.4, -0.2) is 14.5 Å². The van der Waals surface area contributed by atoms with Gasteiger partial charge in [-0.2, -0.15) is 0 Å². The zero-order valence-electron chi connectivity index (χ0n) is 8.67. The fraction of sp³-hybridized carbons (Fsp3) is 0.273. The minimum absolute atomic E-state index is 0.0210. The molecule has 2 rings (SSSR count). The van der Waals surface area contributed by atoms with Gasteiger partial charge in [-0.25, -0.2) is 4.98 Å². The van der Waals surface area contributed by atoms with E-state index in [1.54, 1.807) is 24.9 Å².